The second-order valence-corrected chi connectivity index (χ2v) is 6.96. The lowest BCUT2D eigenvalue weighted by Gasteiger charge is -2.32. The van der Waals surface area contributed by atoms with E-state index < -0.39 is 0 Å². The Morgan fingerprint density at radius 2 is 1.86 bits per heavy atom. The van der Waals surface area contributed by atoms with Gasteiger partial charge in [0.25, 0.3) is 0 Å². The van der Waals surface area contributed by atoms with E-state index in [1.54, 1.807) is 11.8 Å². The van der Waals surface area contributed by atoms with E-state index in [-0.39, 0.29) is 5.91 Å². The summed E-state index contributed by atoms with van der Waals surface area (Å²) in [6, 6.07) is 8.50. The molecule has 122 valence electrons. The lowest BCUT2D eigenvalue weighted by molar-refractivity contribution is -0.118. The Morgan fingerprint density at radius 1 is 1.18 bits per heavy atom. The molecule has 1 saturated heterocycles. The fourth-order valence-corrected chi connectivity index (χ4v) is 3.24. The zero-order valence-electron chi connectivity index (χ0n) is 13.7. The van der Waals surface area contributed by atoms with Crippen molar-refractivity contribution in [2.75, 3.05) is 52.1 Å². The third kappa shape index (κ3) is 6.38. The summed E-state index contributed by atoms with van der Waals surface area (Å²) in [5.41, 5.74) is 2.55. The Balaban J connectivity index is 1.53. The lowest BCUT2D eigenvalue weighted by atomic mass is 10.2. The van der Waals surface area contributed by atoms with E-state index in [4.69, 9.17) is 0 Å². The molecule has 0 bridgehead atoms. The van der Waals surface area contributed by atoms with Gasteiger partial charge in [0.2, 0.25) is 5.91 Å². The molecule has 0 atom stereocenters. The van der Waals surface area contributed by atoms with E-state index in [1.165, 1.54) is 11.1 Å². The van der Waals surface area contributed by atoms with Gasteiger partial charge in [-0.15, -0.1) is 11.8 Å². The van der Waals surface area contributed by atoms with E-state index in [1.807, 2.05) is 0 Å². The second kappa shape index (κ2) is 9.18. The van der Waals surface area contributed by atoms with Gasteiger partial charge >= 0.3 is 0 Å². The fourth-order valence-electron chi connectivity index (χ4n) is 2.42. The van der Waals surface area contributed by atoms with Crippen molar-refractivity contribution >= 4 is 17.7 Å². The van der Waals surface area contributed by atoms with E-state index in [9.17, 15) is 4.79 Å². The molecule has 1 heterocycles. The van der Waals surface area contributed by atoms with Gasteiger partial charge in [-0.3, -0.25) is 9.69 Å². The molecule has 5 heteroatoms. The van der Waals surface area contributed by atoms with Gasteiger partial charge in [0.1, 0.15) is 0 Å². The number of hydrogen-bond acceptors (Lipinski definition) is 4. The van der Waals surface area contributed by atoms with Crippen molar-refractivity contribution in [1.82, 2.24) is 15.1 Å². The molecule has 4 nitrogen and oxygen atoms in total. The summed E-state index contributed by atoms with van der Waals surface area (Å²) in [6.07, 6.45) is 0. The van der Waals surface area contributed by atoms with E-state index in [0.29, 0.717) is 5.75 Å². The maximum atomic E-state index is 11.8. The number of thioether (sulfide) groups is 1. The van der Waals surface area contributed by atoms with Gasteiger partial charge in [0, 0.05) is 45.0 Å². The van der Waals surface area contributed by atoms with Crippen LogP contribution in [0.3, 0.4) is 0 Å². The summed E-state index contributed by atoms with van der Waals surface area (Å²) in [5.74, 6) is 1.58. The van der Waals surface area contributed by atoms with Crippen LogP contribution in [-0.4, -0.2) is 67.8 Å². The lowest BCUT2D eigenvalue weighted by Crippen LogP contribution is -2.47. The fraction of sp³-hybridized carbons (Fsp3) is 0.588. The highest BCUT2D eigenvalue weighted by molar-refractivity contribution is 7.99. The molecular weight excluding hydrogens is 294 g/mol. The summed E-state index contributed by atoms with van der Waals surface area (Å²) in [4.78, 5) is 16.6. The smallest absolute Gasteiger partial charge is 0.230 e. The number of likely N-dealkylation sites (N-methyl/N-ethyl adjacent to an activating group) is 1. The van der Waals surface area contributed by atoms with Gasteiger partial charge < -0.3 is 10.2 Å². The molecule has 2 rings (SSSR count). The summed E-state index contributed by atoms with van der Waals surface area (Å²) in [5, 5.41) is 3.02. The van der Waals surface area contributed by atoms with Crippen LogP contribution in [0.5, 0.6) is 0 Å². The Labute approximate surface area is 138 Å². The molecule has 1 aromatic rings. The molecule has 1 aliphatic rings. The normalized spacial score (nSPS) is 16.6. The SMILES string of the molecule is Cc1ccc(CSCC(=O)NCCN2CCN(C)CC2)cc1. The molecule has 1 fully saturated rings. The van der Waals surface area contributed by atoms with Crippen LogP contribution in [0.2, 0.25) is 0 Å². The molecule has 0 saturated carbocycles. The maximum Gasteiger partial charge on any atom is 0.230 e. The number of rotatable bonds is 7. The van der Waals surface area contributed by atoms with Crippen LogP contribution < -0.4 is 5.32 Å². The summed E-state index contributed by atoms with van der Waals surface area (Å²) >= 11 is 1.67. The molecule has 0 unspecified atom stereocenters. The largest absolute Gasteiger partial charge is 0.354 e. The van der Waals surface area contributed by atoms with Crippen LogP contribution in [0.4, 0.5) is 0 Å². The molecule has 0 aromatic heterocycles. The minimum Gasteiger partial charge on any atom is -0.354 e. The second-order valence-electron chi connectivity index (χ2n) is 5.97. The van der Waals surface area contributed by atoms with Crippen molar-refractivity contribution in [3.8, 4) is 0 Å². The van der Waals surface area contributed by atoms with Crippen LogP contribution in [0, 0.1) is 6.92 Å². The van der Waals surface area contributed by atoms with Crippen molar-refractivity contribution in [3.05, 3.63) is 35.4 Å². The zero-order valence-corrected chi connectivity index (χ0v) is 14.5. The van der Waals surface area contributed by atoms with Crippen LogP contribution in [0.1, 0.15) is 11.1 Å². The number of nitrogens with one attached hydrogen (secondary N) is 1. The minimum atomic E-state index is 0.145. The van der Waals surface area contributed by atoms with Crippen molar-refractivity contribution in [3.63, 3.8) is 0 Å². The number of amides is 1. The van der Waals surface area contributed by atoms with Crippen LogP contribution in [0.25, 0.3) is 0 Å². The van der Waals surface area contributed by atoms with Gasteiger partial charge in [-0.05, 0) is 19.5 Å². The molecule has 0 aliphatic carbocycles. The monoisotopic (exact) mass is 321 g/mol. The first kappa shape index (κ1) is 17.3. The van der Waals surface area contributed by atoms with Crippen molar-refractivity contribution in [1.29, 1.82) is 0 Å². The average molecular weight is 321 g/mol. The predicted molar refractivity (Wildman–Crippen MR) is 94.3 cm³/mol. The molecule has 22 heavy (non-hydrogen) atoms. The number of hydrogen-bond donors (Lipinski definition) is 1. The number of aryl methyl sites for hydroxylation is 1. The van der Waals surface area contributed by atoms with Gasteiger partial charge in [-0.2, -0.15) is 0 Å². The van der Waals surface area contributed by atoms with Gasteiger partial charge in [0.05, 0.1) is 5.75 Å². The average Bonchev–Trinajstić information content (AvgIpc) is 2.51. The van der Waals surface area contributed by atoms with Crippen molar-refractivity contribution in [2.24, 2.45) is 0 Å². The Bertz CT molecular complexity index is 455. The predicted octanol–water partition coefficient (Wildman–Crippen LogP) is 1.59. The van der Waals surface area contributed by atoms with Gasteiger partial charge in [-0.1, -0.05) is 29.8 Å². The number of carbonyl (C=O) groups excluding carboxylic acids is 1. The summed E-state index contributed by atoms with van der Waals surface area (Å²) in [7, 11) is 2.16. The molecule has 0 radical (unpaired) electrons. The van der Waals surface area contributed by atoms with Crippen molar-refractivity contribution < 1.29 is 4.79 Å². The molecule has 1 amide bonds. The Hall–Kier alpha value is -1.04. The highest BCUT2D eigenvalue weighted by atomic mass is 32.2. The van der Waals surface area contributed by atoms with Crippen LogP contribution >= 0.6 is 11.8 Å². The summed E-state index contributed by atoms with van der Waals surface area (Å²) in [6.45, 7) is 8.27. The van der Waals surface area contributed by atoms with E-state index in [0.717, 1.165) is 45.0 Å². The maximum absolute atomic E-state index is 11.8. The highest BCUT2D eigenvalue weighted by Crippen LogP contribution is 2.12. The number of piperazine rings is 1. The first-order valence-electron chi connectivity index (χ1n) is 7.94. The number of benzene rings is 1. The van der Waals surface area contributed by atoms with Gasteiger partial charge in [-0.25, -0.2) is 0 Å². The molecule has 0 spiro atoms. The first-order chi connectivity index (χ1) is 10.6. The molecule has 1 aliphatic heterocycles. The van der Waals surface area contributed by atoms with Crippen LogP contribution in [0.15, 0.2) is 24.3 Å². The van der Waals surface area contributed by atoms with Crippen molar-refractivity contribution in [2.45, 2.75) is 12.7 Å². The molecule has 1 aromatic carbocycles. The van der Waals surface area contributed by atoms with E-state index >= 15 is 0 Å². The first-order valence-corrected chi connectivity index (χ1v) is 9.10. The Kier molecular flexibility index (Phi) is 7.22. The highest BCUT2D eigenvalue weighted by Gasteiger charge is 2.13. The quantitative estimate of drug-likeness (QED) is 0.827. The topological polar surface area (TPSA) is 35.6 Å². The van der Waals surface area contributed by atoms with E-state index in [2.05, 4.69) is 53.4 Å². The Morgan fingerprint density at radius 3 is 2.55 bits per heavy atom. The van der Waals surface area contributed by atoms with Gasteiger partial charge in [0.15, 0.2) is 0 Å². The molecular formula is C17H27N3OS. The van der Waals surface area contributed by atoms with Crippen LogP contribution in [-0.2, 0) is 10.5 Å². The number of carbonyl (C=O) groups is 1. The third-order valence-corrected chi connectivity index (χ3v) is 4.97. The minimum absolute atomic E-state index is 0.145. The zero-order chi connectivity index (χ0) is 15.8. The third-order valence-electron chi connectivity index (χ3n) is 3.97. The summed E-state index contributed by atoms with van der Waals surface area (Å²) < 4.78 is 0. The number of nitrogens with zero attached hydrogens (tertiary/aromatic N) is 2. The molecule has 1 N–H and O–H groups in total. The standard InChI is InChI=1S/C17H27N3OS/c1-15-3-5-16(6-4-15)13-22-14-17(21)18-7-8-20-11-9-19(2)10-12-20/h3-6H,7-14H2,1-2H3,(H,18,21).